The van der Waals surface area contributed by atoms with E-state index in [0.29, 0.717) is 23.7 Å². The summed E-state index contributed by atoms with van der Waals surface area (Å²) < 4.78 is 37.9. The van der Waals surface area contributed by atoms with Crippen molar-refractivity contribution < 1.29 is 17.4 Å². The number of oxazole rings is 1. The highest BCUT2D eigenvalue weighted by Gasteiger charge is 2.18. The molecule has 1 aromatic carbocycles. The van der Waals surface area contributed by atoms with Crippen molar-refractivity contribution in [3.05, 3.63) is 40.5 Å². The number of fused-ring (bicyclic) bond motifs is 1. The van der Waals surface area contributed by atoms with E-state index >= 15 is 0 Å². The van der Waals surface area contributed by atoms with Crippen molar-refractivity contribution in [2.45, 2.75) is 31.7 Å². The molecule has 0 unspecified atom stereocenters. The minimum atomic E-state index is -3.63. The lowest BCUT2D eigenvalue weighted by atomic mass is 10.3. The number of aromatic nitrogens is 3. The first kappa shape index (κ1) is 16.4. The van der Waals surface area contributed by atoms with Crippen LogP contribution in [0.15, 0.2) is 36.8 Å². The van der Waals surface area contributed by atoms with Gasteiger partial charge in [-0.2, -0.15) is 4.98 Å². The first-order valence-electron chi connectivity index (χ1n) is 7.39. The largest absolute Gasteiger partial charge is 0.420 e. The predicted molar refractivity (Wildman–Crippen MR) is 84.1 cm³/mol. The van der Waals surface area contributed by atoms with Crippen LogP contribution in [0.1, 0.15) is 25.6 Å². The number of benzene rings is 1. The Hall–Kier alpha value is -2.46. The lowest BCUT2D eigenvalue weighted by Gasteiger charge is -2.04. The molecule has 128 valence electrons. The summed E-state index contributed by atoms with van der Waals surface area (Å²) in [5, 5.41) is 3.80. The summed E-state index contributed by atoms with van der Waals surface area (Å²) in [5.41, 5.74) is 0.636. The van der Waals surface area contributed by atoms with Gasteiger partial charge in [0.15, 0.2) is 11.4 Å². The zero-order valence-electron chi connectivity index (χ0n) is 13.1. The molecule has 10 heteroatoms. The Labute approximate surface area is 137 Å². The molecule has 0 fully saturated rings. The summed E-state index contributed by atoms with van der Waals surface area (Å²) >= 11 is 0. The van der Waals surface area contributed by atoms with Gasteiger partial charge in [0, 0.05) is 19.0 Å². The second-order valence-corrected chi connectivity index (χ2v) is 6.81. The average molecular weight is 352 g/mol. The number of hydrogen-bond acceptors (Lipinski definition) is 7. The van der Waals surface area contributed by atoms with Crippen LogP contribution in [0.4, 0.5) is 0 Å². The minimum absolute atomic E-state index is 0.0329. The van der Waals surface area contributed by atoms with Crippen molar-refractivity contribution in [2.75, 3.05) is 6.54 Å². The molecule has 0 aliphatic carbocycles. The smallest absolute Gasteiger partial charge is 0.408 e. The zero-order chi connectivity index (χ0) is 17.3. The van der Waals surface area contributed by atoms with Crippen LogP contribution >= 0.6 is 0 Å². The minimum Gasteiger partial charge on any atom is -0.408 e. The molecule has 2 aromatic heterocycles. The molecule has 1 N–H and O–H groups in total. The predicted octanol–water partition coefficient (Wildman–Crippen LogP) is 0.886. The van der Waals surface area contributed by atoms with E-state index in [2.05, 4.69) is 14.9 Å². The fourth-order valence-corrected chi connectivity index (χ4v) is 3.33. The summed E-state index contributed by atoms with van der Waals surface area (Å²) in [6.45, 7) is 3.91. The molecule has 0 saturated heterocycles. The Bertz CT molecular complexity index is 1030. The summed E-state index contributed by atoms with van der Waals surface area (Å²) in [4.78, 5) is 16.2. The van der Waals surface area contributed by atoms with Gasteiger partial charge in [-0.3, -0.25) is 4.57 Å². The van der Waals surface area contributed by atoms with Gasteiger partial charge in [0.2, 0.25) is 15.9 Å². The molecule has 9 nitrogen and oxygen atoms in total. The van der Waals surface area contributed by atoms with Gasteiger partial charge in [-0.25, -0.2) is 17.9 Å². The first-order chi connectivity index (χ1) is 11.4. The van der Waals surface area contributed by atoms with Crippen LogP contribution in [0.25, 0.3) is 11.1 Å². The van der Waals surface area contributed by atoms with E-state index < -0.39 is 15.8 Å². The number of rotatable bonds is 6. The highest BCUT2D eigenvalue weighted by Crippen LogP contribution is 2.19. The fraction of sp³-hybridized carbons (Fsp3) is 0.357. The van der Waals surface area contributed by atoms with Gasteiger partial charge >= 0.3 is 5.76 Å². The van der Waals surface area contributed by atoms with E-state index in [1.807, 2.05) is 6.92 Å². The van der Waals surface area contributed by atoms with Crippen LogP contribution in [0.2, 0.25) is 0 Å². The first-order valence-corrected chi connectivity index (χ1v) is 8.87. The monoisotopic (exact) mass is 352 g/mol. The Kier molecular flexibility index (Phi) is 4.24. The zero-order valence-corrected chi connectivity index (χ0v) is 14.0. The number of hydrogen-bond donors (Lipinski definition) is 1. The number of sulfonamides is 1. The van der Waals surface area contributed by atoms with E-state index in [1.165, 1.54) is 22.8 Å². The van der Waals surface area contributed by atoms with Crippen LogP contribution in [-0.4, -0.2) is 29.7 Å². The number of nitrogens with one attached hydrogen (secondary N) is 1. The molecule has 0 radical (unpaired) electrons. The van der Waals surface area contributed by atoms with E-state index in [0.717, 1.165) is 0 Å². The molecule has 0 atom stereocenters. The Morgan fingerprint density at radius 3 is 2.75 bits per heavy atom. The molecular weight excluding hydrogens is 336 g/mol. The molecule has 3 rings (SSSR count). The van der Waals surface area contributed by atoms with Crippen molar-refractivity contribution in [3.63, 3.8) is 0 Å². The molecule has 0 bridgehead atoms. The Balaban J connectivity index is 2.01. The van der Waals surface area contributed by atoms with Crippen LogP contribution < -0.4 is 10.5 Å². The van der Waals surface area contributed by atoms with Gasteiger partial charge in [-0.15, -0.1) is 0 Å². The molecule has 3 aromatic rings. The van der Waals surface area contributed by atoms with Crippen molar-refractivity contribution in [3.8, 4) is 0 Å². The summed E-state index contributed by atoms with van der Waals surface area (Å²) in [7, 11) is -3.63. The highest BCUT2D eigenvalue weighted by atomic mass is 32.2. The molecule has 0 spiro atoms. The normalized spacial score (nSPS) is 12.1. The second-order valence-electron chi connectivity index (χ2n) is 5.04. The van der Waals surface area contributed by atoms with Crippen LogP contribution in [0.3, 0.4) is 0 Å². The maximum atomic E-state index is 12.1. The van der Waals surface area contributed by atoms with Gasteiger partial charge in [0.25, 0.3) is 0 Å². The quantitative estimate of drug-likeness (QED) is 0.699. The van der Waals surface area contributed by atoms with Crippen molar-refractivity contribution in [2.24, 2.45) is 0 Å². The summed E-state index contributed by atoms with van der Waals surface area (Å²) in [5.74, 6) is 0.205. The molecule has 2 heterocycles. The molecule has 24 heavy (non-hydrogen) atoms. The maximum absolute atomic E-state index is 12.1. The molecule has 0 aliphatic rings. The Morgan fingerprint density at radius 2 is 2.08 bits per heavy atom. The van der Waals surface area contributed by atoms with Crippen LogP contribution in [0.5, 0.6) is 0 Å². The fourth-order valence-electron chi connectivity index (χ4n) is 2.28. The third-order valence-electron chi connectivity index (χ3n) is 3.40. The summed E-state index contributed by atoms with van der Waals surface area (Å²) in [6, 6.07) is 4.25. The lowest BCUT2D eigenvalue weighted by molar-refractivity contribution is 0.375. The van der Waals surface area contributed by atoms with E-state index in [-0.39, 0.29) is 23.6 Å². The van der Waals surface area contributed by atoms with Crippen molar-refractivity contribution in [1.29, 1.82) is 0 Å². The van der Waals surface area contributed by atoms with Crippen LogP contribution in [-0.2, 0) is 23.0 Å². The van der Waals surface area contributed by atoms with Gasteiger partial charge in [0.05, 0.1) is 17.0 Å². The van der Waals surface area contributed by atoms with Gasteiger partial charge in [0.1, 0.15) is 0 Å². The van der Waals surface area contributed by atoms with Crippen molar-refractivity contribution in [1.82, 2.24) is 19.4 Å². The summed E-state index contributed by atoms with van der Waals surface area (Å²) in [6.07, 6.45) is 0.597. The highest BCUT2D eigenvalue weighted by molar-refractivity contribution is 7.89. The van der Waals surface area contributed by atoms with Crippen LogP contribution in [0, 0.1) is 0 Å². The van der Waals surface area contributed by atoms with E-state index in [1.54, 1.807) is 6.92 Å². The van der Waals surface area contributed by atoms with E-state index in [4.69, 9.17) is 8.94 Å². The van der Waals surface area contributed by atoms with E-state index in [9.17, 15) is 13.2 Å². The van der Waals surface area contributed by atoms with Gasteiger partial charge in [-0.05, 0) is 12.1 Å². The third-order valence-corrected chi connectivity index (χ3v) is 4.94. The molecule has 0 saturated carbocycles. The number of aryl methyl sites for hydroxylation is 1. The van der Waals surface area contributed by atoms with Gasteiger partial charge in [-0.1, -0.05) is 19.0 Å². The molecular formula is C14H16N4O5S. The Morgan fingerprint density at radius 1 is 1.29 bits per heavy atom. The molecule has 0 amide bonds. The lowest BCUT2D eigenvalue weighted by Crippen LogP contribution is -2.23. The average Bonchev–Trinajstić information content (AvgIpc) is 3.12. The molecule has 0 aliphatic heterocycles. The third kappa shape index (κ3) is 2.97. The number of nitrogens with zero attached hydrogens (tertiary/aromatic N) is 3. The topological polar surface area (TPSA) is 120 Å². The second kappa shape index (κ2) is 6.21. The maximum Gasteiger partial charge on any atom is 0.420 e. The van der Waals surface area contributed by atoms with Gasteiger partial charge < -0.3 is 8.94 Å². The van der Waals surface area contributed by atoms with Crippen molar-refractivity contribution >= 4 is 21.1 Å². The SMILES string of the molecule is CCNS(=O)(=O)c1ccc2c(c1)oc(=O)n2Cc1noc(CC)n1. The standard InChI is InChI=1S/C14H16N4O5S/c1-3-13-16-12(17-23-13)8-18-10-6-5-9(24(20,21)15-4-2)7-11(10)22-14(18)19/h5-7,15H,3-4,8H2,1-2H3.